The third-order valence-electron chi connectivity index (χ3n) is 3.53. The molecule has 0 radical (unpaired) electrons. The van der Waals surface area contributed by atoms with Gasteiger partial charge in [0.2, 0.25) is 0 Å². The smallest absolute Gasteiger partial charge is 0.347 e. The molecule has 7 heteroatoms. The summed E-state index contributed by atoms with van der Waals surface area (Å²) in [5.74, 6) is -1.06. The normalized spacial score (nSPS) is 11.0. The van der Waals surface area contributed by atoms with Crippen molar-refractivity contribution in [3.05, 3.63) is 86.3 Å². The second-order valence-corrected chi connectivity index (χ2v) is 5.19. The molecule has 0 amide bonds. The molecule has 0 saturated heterocycles. The van der Waals surface area contributed by atoms with E-state index in [4.69, 9.17) is 4.42 Å². The Labute approximate surface area is 140 Å². The molecule has 0 aliphatic heterocycles. The average Bonchev–Trinajstić information content (AvgIpc) is 2.59. The first-order valence-electron chi connectivity index (χ1n) is 7.18. The van der Waals surface area contributed by atoms with Crippen LogP contribution in [-0.4, -0.2) is 15.8 Å². The molecule has 0 aliphatic rings. The van der Waals surface area contributed by atoms with Crippen molar-refractivity contribution in [3.63, 3.8) is 0 Å². The highest BCUT2D eigenvalue weighted by Gasteiger charge is 2.14. The van der Waals surface area contributed by atoms with Crippen molar-refractivity contribution in [2.45, 2.75) is 0 Å². The van der Waals surface area contributed by atoms with Crippen molar-refractivity contribution in [2.24, 2.45) is 0 Å². The minimum absolute atomic E-state index is 0.136. The number of carbonyl (C=O) groups is 1. The van der Waals surface area contributed by atoms with Gasteiger partial charge >= 0.3 is 11.3 Å². The molecule has 1 aromatic heterocycles. The van der Waals surface area contributed by atoms with E-state index in [2.05, 4.69) is 0 Å². The van der Waals surface area contributed by atoms with Crippen molar-refractivity contribution in [1.82, 2.24) is 0 Å². The highest BCUT2D eigenvalue weighted by Crippen LogP contribution is 2.26. The first-order valence-corrected chi connectivity index (χ1v) is 7.18. The summed E-state index contributed by atoms with van der Waals surface area (Å²) in [7, 11) is 0. The number of hydrogen-bond donors (Lipinski definition) is 1. The maximum Gasteiger partial charge on any atom is 0.347 e. The molecule has 1 heterocycles. The molecule has 1 N–H and O–H groups in total. The first kappa shape index (κ1) is 16.1. The first-order chi connectivity index (χ1) is 12.0. The monoisotopic (exact) mass is 337 g/mol. The van der Waals surface area contributed by atoms with Crippen LogP contribution in [0.2, 0.25) is 0 Å². The van der Waals surface area contributed by atoms with Gasteiger partial charge in [-0.2, -0.15) is 0 Å². The number of carbonyl (C=O) groups excluding carboxylic acids is 1. The number of ketones is 1. The Morgan fingerprint density at radius 1 is 1.16 bits per heavy atom. The Morgan fingerprint density at radius 2 is 1.92 bits per heavy atom. The molecular formula is C18H11NO6. The number of rotatable bonds is 4. The molecule has 0 saturated carbocycles. The minimum atomic E-state index is -0.759. The Bertz CT molecular complexity index is 1080. The fraction of sp³-hybridized carbons (Fsp3) is 0. The van der Waals surface area contributed by atoms with E-state index in [-0.39, 0.29) is 5.56 Å². The molecular weight excluding hydrogens is 326 g/mol. The van der Waals surface area contributed by atoms with Crippen molar-refractivity contribution in [3.8, 4) is 5.75 Å². The lowest BCUT2D eigenvalue weighted by molar-refractivity contribution is -0.385. The van der Waals surface area contributed by atoms with Crippen LogP contribution in [0.15, 0.2) is 63.8 Å². The number of nitro benzene ring substituents is 1. The number of phenolic OH excluding ortho intramolecular Hbond substituents is 1. The maximum absolute atomic E-state index is 12.2. The van der Waals surface area contributed by atoms with Crippen LogP contribution >= 0.6 is 0 Å². The van der Waals surface area contributed by atoms with Crippen molar-refractivity contribution < 1.29 is 19.2 Å². The van der Waals surface area contributed by atoms with Gasteiger partial charge in [0, 0.05) is 11.5 Å². The summed E-state index contributed by atoms with van der Waals surface area (Å²) in [5, 5.41) is 20.8. The number of aromatic hydroxyl groups is 1. The van der Waals surface area contributed by atoms with Gasteiger partial charge in [-0.1, -0.05) is 30.3 Å². The summed E-state index contributed by atoms with van der Waals surface area (Å²) in [6.45, 7) is 0. The van der Waals surface area contributed by atoms with Gasteiger partial charge in [-0.25, -0.2) is 4.79 Å². The zero-order valence-corrected chi connectivity index (χ0v) is 12.7. The molecule has 0 fully saturated rings. The van der Waals surface area contributed by atoms with Crippen LogP contribution in [-0.2, 0) is 0 Å². The third kappa shape index (κ3) is 3.30. The van der Waals surface area contributed by atoms with E-state index in [0.717, 1.165) is 18.2 Å². The summed E-state index contributed by atoms with van der Waals surface area (Å²) in [6.07, 6.45) is 2.44. The van der Waals surface area contributed by atoms with E-state index in [0.29, 0.717) is 16.5 Å². The summed E-state index contributed by atoms with van der Waals surface area (Å²) in [6, 6.07) is 11.9. The molecule has 3 aromatic rings. The van der Waals surface area contributed by atoms with Crippen LogP contribution in [0, 0.1) is 10.1 Å². The van der Waals surface area contributed by atoms with Crippen molar-refractivity contribution in [1.29, 1.82) is 0 Å². The number of nitro groups is 1. The summed E-state index contributed by atoms with van der Waals surface area (Å²) >= 11 is 0. The highest BCUT2D eigenvalue weighted by molar-refractivity contribution is 6.07. The van der Waals surface area contributed by atoms with Gasteiger partial charge in [-0.3, -0.25) is 14.9 Å². The lowest BCUT2D eigenvalue weighted by atomic mass is 10.1. The van der Waals surface area contributed by atoms with Gasteiger partial charge in [-0.15, -0.1) is 0 Å². The molecule has 0 aliphatic carbocycles. The molecule has 0 atom stereocenters. The fourth-order valence-electron chi connectivity index (χ4n) is 2.29. The van der Waals surface area contributed by atoms with Crippen LogP contribution in [0.1, 0.15) is 15.9 Å². The molecule has 3 rings (SSSR count). The molecule has 2 aromatic carbocycles. The fourth-order valence-corrected chi connectivity index (χ4v) is 2.29. The number of allylic oxidation sites excluding steroid dienone is 1. The van der Waals surface area contributed by atoms with Crippen molar-refractivity contribution in [2.75, 3.05) is 0 Å². The lowest BCUT2D eigenvalue weighted by Gasteiger charge is -1.99. The van der Waals surface area contributed by atoms with Crippen LogP contribution in [0.25, 0.3) is 17.0 Å². The molecule has 0 spiro atoms. The summed E-state index contributed by atoms with van der Waals surface area (Å²) in [5.41, 5.74) is -0.654. The van der Waals surface area contributed by atoms with E-state index in [1.165, 1.54) is 18.2 Å². The zero-order chi connectivity index (χ0) is 18.0. The van der Waals surface area contributed by atoms with Crippen molar-refractivity contribution >= 4 is 28.5 Å². The van der Waals surface area contributed by atoms with Crippen LogP contribution < -0.4 is 5.63 Å². The topological polar surface area (TPSA) is 111 Å². The summed E-state index contributed by atoms with van der Waals surface area (Å²) in [4.78, 5) is 34.2. The second-order valence-electron chi connectivity index (χ2n) is 5.19. The minimum Gasteiger partial charge on any atom is -0.502 e. The largest absolute Gasteiger partial charge is 0.502 e. The van der Waals surface area contributed by atoms with Gasteiger partial charge in [0.05, 0.1) is 4.92 Å². The SMILES string of the molecule is O=C(/C=C/c1ccc(O)c([N+](=O)[O-])c1)c1cc2ccccc2oc1=O. The van der Waals surface area contributed by atoms with Crippen LogP contribution in [0.4, 0.5) is 5.69 Å². The number of para-hydroxylation sites is 1. The van der Waals surface area contributed by atoms with E-state index in [1.807, 2.05) is 0 Å². The lowest BCUT2D eigenvalue weighted by Crippen LogP contribution is -2.11. The third-order valence-corrected chi connectivity index (χ3v) is 3.53. The van der Waals surface area contributed by atoms with Gasteiger partial charge in [0.15, 0.2) is 11.5 Å². The summed E-state index contributed by atoms with van der Waals surface area (Å²) < 4.78 is 5.10. The predicted octanol–water partition coefficient (Wildman–Crippen LogP) is 3.30. The molecule has 7 nitrogen and oxygen atoms in total. The van der Waals surface area contributed by atoms with Gasteiger partial charge in [0.25, 0.3) is 0 Å². The van der Waals surface area contributed by atoms with Crippen LogP contribution in [0.3, 0.4) is 0 Å². The second kappa shape index (κ2) is 6.40. The van der Waals surface area contributed by atoms with Crippen LogP contribution in [0.5, 0.6) is 5.75 Å². The van der Waals surface area contributed by atoms with E-state index in [1.54, 1.807) is 24.3 Å². The molecule has 124 valence electrons. The average molecular weight is 337 g/mol. The molecule has 25 heavy (non-hydrogen) atoms. The Hall–Kier alpha value is -3.74. The number of hydrogen-bond acceptors (Lipinski definition) is 6. The maximum atomic E-state index is 12.2. The van der Waals surface area contributed by atoms with E-state index < -0.39 is 27.8 Å². The number of phenols is 1. The Balaban J connectivity index is 1.93. The Kier molecular flexibility index (Phi) is 4.13. The molecule has 0 unspecified atom stereocenters. The Morgan fingerprint density at radius 3 is 2.68 bits per heavy atom. The van der Waals surface area contributed by atoms with Gasteiger partial charge in [0.1, 0.15) is 11.1 Å². The highest BCUT2D eigenvalue weighted by atomic mass is 16.6. The standard InChI is InChI=1S/C18H11NO6/c20-15(7-5-11-6-8-16(21)14(9-11)19(23)24)13-10-12-3-1-2-4-17(12)25-18(13)22/h1-10,21H/b7-5+. The van der Waals surface area contributed by atoms with E-state index in [9.17, 15) is 24.8 Å². The predicted molar refractivity (Wildman–Crippen MR) is 90.6 cm³/mol. The quantitative estimate of drug-likeness (QED) is 0.257. The number of nitrogens with zero attached hydrogens (tertiary/aromatic N) is 1. The number of benzene rings is 2. The number of fused-ring (bicyclic) bond motifs is 1. The van der Waals surface area contributed by atoms with E-state index >= 15 is 0 Å². The van der Waals surface area contributed by atoms with Gasteiger partial charge in [-0.05, 0) is 29.8 Å². The van der Waals surface area contributed by atoms with Gasteiger partial charge < -0.3 is 9.52 Å². The molecule has 0 bridgehead atoms. The zero-order valence-electron chi connectivity index (χ0n) is 12.7.